The second-order valence-corrected chi connectivity index (χ2v) is 9.71. The maximum absolute atomic E-state index is 13.0. The number of anilines is 1. The molecular formula is C23H22N4O7S. The predicted octanol–water partition coefficient (Wildman–Crippen LogP) is 1.11. The van der Waals surface area contributed by atoms with Crippen LogP contribution in [0.1, 0.15) is 32.2 Å². The van der Waals surface area contributed by atoms with Crippen LogP contribution >= 0.6 is 0 Å². The number of likely N-dealkylation sites (N-methyl/N-ethyl adjacent to an activating group) is 1. The fraction of sp³-hybridized carbons (Fsp3) is 0.217. The molecule has 1 aromatic heterocycles. The van der Waals surface area contributed by atoms with Gasteiger partial charge in [0.15, 0.2) is 5.69 Å². The van der Waals surface area contributed by atoms with E-state index in [-0.39, 0.29) is 23.6 Å². The number of carbonyl (C=O) groups excluding carboxylic acids is 3. The summed E-state index contributed by atoms with van der Waals surface area (Å²) < 4.78 is 35.5. The highest BCUT2D eigenvalue weighted by Crippen LogP contribution is 2.31. The third kappa shape index (κ3) is 5.66. The molecule has 0 spiro atoms. The number of hydrogen-bond acceptors (Lipinski definition) is 8. The number of benzene rings is 2. The lowest BCUT2D eigenvalue weighted by Crippen LogP contribution is -2.49. The first-order valence-electron chi connectivity index (χ1n) is 10.5. The Hall–Kier alpha value is -4.19. The van der Waals surface area contributed by atoms with Crippen molar-refractivity contribution in [2.45, 2.75) is 12.5 Å². The number of amides is 3. The maximum atomic E-state index is 13.0. The summed E-state index contributed by atoms with van der Waals surface area (Å²) >= 11 is 0. The average Bonchev–Trinajstić information content (AvgIpc) is 3.24. The predicted molar refractivity (Wildman–Crippen MR) is 125 cm³/mol. The molecule has 2 heterocycles. The molecular weight excluding hydrogens is 476 g/mol. The van der Waals surface area contributed by atoms with Crippen LogP contribution in [-0.4, -0.2) is 57.2 Å². The third-order valence-electron chi connectivity index (χ3n) is 5.21. The number of rotatable bonds is 6. The lowest BCUT2D eigenvalue weighted by atomic mass is 10.1. The Morgan fingerprint density at radius 2 is 1.86 bits per heavy atom. The van der Waals surface area contributed by atoms with Crippen molar-refractivity contribution in [3.05, 3.63) is 77.2 Å². The molecule has 3 amide bonds. The van der Waals surface area contributed by atoms with Crippen molar-refractivity contribution < 1.29 is 32.1 Å². The largest absolute Gasteiger partial charge is 0.489 e. The van der Waals surface area contributed by atoms with Crippen LogP contribution in [-0.2, 0) is 21.2 Å². The number of hydrogen-bond donors (Lipinski definition) is 2. The van der Waals surface area contributed by atoms with Gasteiger partial charge in [-0.2, -0.15) is 0 Å². The molecule has 0 saturated heterocycles. The minimum Gasteiger partial charge on any atom is -0.489 e. The fourth-order valence-electron chi connectivity index (χ4n) is 3.50. The van der Waals surface area contributed by atoms with E-state index >= 15 is 0 Å². The Kier molecular flexibility index (Phi) is 6.56. The van der Waals surface area contributed by atoms with Gasteiger partial charge in [0.25, 0.3) is 17.7 Å². The molecule has 0 bridgehead atoms. The van der Waals surface area contributed by atoms with Gasteiger partial charge in [0.05, 0.1) is 11.9 Å². The number of aromatic nitrogens is 1. The molecule has 4 rings (SSSR count). The molecule has 0 unspecified atom stereocenters. The lowest BCUT2D eigenvalue weighted by Gasteiger charge is -2.20. The van der Waals surface area contributed by atoms with Crippen LogP contribution < -0.4 is 19.7 Å². The van der Waals surface area contributed by atoms with Crippen molar-refractivity contribution in [3.8, 4) is 5.75 Å². The van der Waals surface area contributed by atoms with Crippen molar-refractivity contribution in [2.24, 2.45) is 0 Å². The molecule has 35 heavy (non-hydrogen) atoms. The second kappa shape index (κ2) is 9.58. The van der Waals surface area contributed by atoms with Crippen LogP contribution in [0.25, 0.3) is 0 Å². The van der Waals surface area contributed by atoms with Crippen LogP contribution in [0.2, 0.25) is 0 Å². The number of sulfonamides is 1. The van der Waals surface area contributed by atoms with E-state index in [1.807, 2.05) is 35.1 Å². The average molecular weight is 499 g/mol. The number of carbonyl (C=O) groups is 3. The zero-order valence-electron chi connectivity index (χ0n) is 18.8. The molecule has 2 aromatic carbocycles. The molecule has 2 N–H and O–H groups in total. The van der Waals surface area contributed by atoms with E-state index < -0.39 is 33.8 Å². The second-order valence-electron chi connectivity index (χ2n) is 7.96. The smallest absolute Gasteiger partial charge is 0.274 e. The SMILES string of the molecule is CN1C(=O)[C@@H](NC(=O)c2cc(Cc3ccccc3)on2)COc2ccc(C(=O)NS(C)(=O)=O)cc21. The van der Waals surface area contributed by atoms with Gasteiger partial charge in [0, 0.05) is 25.1 Å². The fourth-order valence-corrected chi connectivity index (χ4v) is 3.96. The first-order chi connectivity index (χ1) is 16.6. The minimum absolute atomic E-state index is 0.0212. The van der Waals surface area contributed by atoms with E-state index in [2.05, 4.69) is 10.5 Å². The Labute approximate surface area is 201 Å². The summed E-state index contributed by atoms with van der Waals surface area (Å²) in [6.07, 6.45) is 1.32. The first-order valence-corrected chi connectivity index (χ1v) is 12.4. The zero-order chi connectivity index (χ0) is 25.2. The normalized spacial score (nSPS) is 15.5. The molecule has 12 heteroatoms. The van der Waals surface area contributed by atoms with Crippen molar-refractivity contribution in [1.82, 2.24) is 15.2 Å². The van der Waals surface area contributed by atoms with Gasteiger partial charge >= 0.3 is 0 Å². The summed E-state index contributed by atoms with van der Waals surface area (Å²) in [6, 6.07) is 14.2. The lowest BCUT2D eigenvalue weighted by molar-refractivity contribution is -0.120. The van der Waals surface area contributed by atoms with Crippen molar-refractivity contribution in [2.75, 3.05) is 24.8 Å². The Balaban J connectivity index is 1.46. The van der Waals surface area contributed by atoms with E-state index in [4.69, 9.17) is 9.26 Å². The Morgan fingerprint density at radius 3 is 2.57 bits per heavy atom. The molecule has 1 atom stereocenters. The van der Waals surface area contributed by atoms with E-state index in [1.54, 1.807) is 0 Å². The van der Waals surface area contributed by atoms with Gasteiger partial charge in [-0.05, 0) is 23.8 Å². The molecule has 1 aliphatic heterocycles. The minimum atomic E-state index is -3.76. The van der Waals surface area contributed by atoms with Crippen LogP contribution in [0, 0.1) is 0 Å². The third-order valence-corrected chi connectivity index (χ3v) is 5.77. The molecule has 182 valence electrons. The number of nitrogens with zero attached hydrogens (tertiary/aromatic N) is 2. The summed E-state index contributed by atoms with van der Waals surface area (Å²) in [5, 5.41) is 6.40. The quantitative estimate of drug-likeness (QED) is 0.514. The van der Waals surface area contributed by atoms with Crippen LogP contribution in [0.15, 0.2) is 59.1 Å². The van der Waals surface area contributed by atoms with Crippen LogP contribution in [0.5, 0.6) is 5.75 Å². The van der Waals surface area contributed by atoms with Crippen LogP contribution in [0.4, 0.5) is 5.69 Å². The van der Waals surface area contributed by atoms with Crippen molar-refractivity contribution in [3.63, 3.8) is 0 Å². The van der Waals surface area contributed by atoms with Gasteiger partial charge < -0.3 is 19.5 Å². The van der Waals surface area contributed by atoms with E-state index in [1.165, 1.54) is 36.2 Å². The molecule has 0 saturated carbocycles. The first kappa shape index (κ1) is 24.0. The summed E-state index contributed by atoms with van der Waals surface area (Å²) in [7, 11) is -2.30. The standard InChI is InChI=1S/C23H22N4O7S/c1-27-19-11-15(21(28)26-35(2,31)32)8-9-20(19)33-13-18(23(27)30)24-22(29)17-12-16(34-25-17)10-14-6-4-3-5-7-14/h3-9,11-12,18H,10,13H2,1-2H3,(H,24,29)(H,26,28)/t18-/m0/s1. The van der Waals surface area contributed by atoms with Crippen molar-refractivity contribution in [1.29, 1.82) is 0 Å². The zero-order valence-corrected chi connectivity index (χ0v) is 19.7. The topological polar surface area (TPSA) is 148 Å². The van der Waals surface area contributed by atoms with E-state index in [9.17, 15) is 22.8 Å². The van der Waals surface area contributed by atoms with Crippen molar-refractivity contribution >= 4 is 33.4 Å². The molecule has 1 aliphatic rings. The Bertz CT molecular complexity index is 1390. The number of fused-ring (bicyclic) bond motifs is 1. The molecule has 0 aliphatic carbocycles. The summed E-state index contributed by atoms with van der Waals surface area (Å²) in [5.41, 5.74) is 1.28. The van der Waals surface area contributed by atoms with Gasteiger partial charge in [0.1, 0.15) is 24.2 Å². The monoisotopic (exact) mass is 498 g/mol. The Morgan fingerprint density at radius 1 is 1.11 bits per heavy atom. The summed E-state index contributed by atoms with van der Waals surface area (Å²) in [4.78, 5) is 39.2. The highest BCUT2D eigenvalue weighted by atomic mass is 32.2. The van der Waals surface area contributed by atoms with Gasteiger partial charge in [-0.25, -0.2) is 13.1 Å². The number of ether oxygens (including phenoxy) is 1. The summed E-state index contributed by atoms with van der Waals surface area (Å²) in [5.74, 6) is -1.16. The van der Waals surface area contributed by atoms with Gasteiger partial charge in [-0.15, -0.1) is 0 Å². The van der Waals surface area contributed by atoms with E-state index in [0.29, 0.717) is 17.9 Å². The van der Waals surface area contributed by atoms with E-state index in [0.717, 1.165) is 11.8 Å². The summed E-state index contributed by atoms with van der Waals surface area (Å²) in [6.45, 7) is -0.161. The maximum Gasteiger partial charge on any atom is 0.274 e. The molecule has 11 nitrogen and oxygen atoms in total. The van der Waals surface area contributed by atoms with Gasteiger partial charge in [-0.3, -0.25) is 14.4 Å². The van der Waals surface area contributed by atoms with Gasteiger partial charge in [0.2, 0.25) is 10.0 Å². The highest BCUT2D eigenvalue weighted by molar-refractivity contribution is 7.89. The highest BCUT2D eigenvalue weighted by Gasteiger charge is 2.32. The molecule has 0 radical (unpaired) electrons. The number of nitrogens with one attached hydrogen (secondary N) is 2. The molecule has 0 fully saturated rings. The molecule has 3 aromatic rings. The van der Waals surface area contributed by atoms with Gasteiger partial charge in [-0.1, -0.05) is 35.5 Å². The van der Waals surface area contributed by atoms with Crippen LogP contribution in [0.3, 0.4) is 0 Å².